The molecule has 0 unspecified atom stereocenters. The van der Waals surface area contributed by atoms with Crippen molar-refractivity contribution in [3.8, 4) is 11.5 Å². The number of fused-ring (bicyclic) bond motifs is 3. The van der Waals surface area contributed by atoms with Crippen molar-refractivity contribution in [3.05, 3.63) is 58.2 Å². The minimum atomic E-state index is -4.55. The molecule has 0 spiro atoms. The molecule has 0 fully saturated rings. The zero-order chi connectivity index (χ0) is 23.9. The van der Waals surface area contributed by atoms with E-state index in [2.05, 4.69) is 0 Å². The molecule has 2 heterocycles. The van der Waals surface area contributed by atoms with Crippen LogP contribution < -0.4 is 9.47 Å². The summed E-state index contributed by atoms with van der Waals surface area (Å²) in [4.78, 5) is 11.2. The summed E-state index contributed by atoms with van der Waals surface area (Å²) in [6.45, 7) is 3.95. The molecule has 1 aliphatic heterocycles. The van der Waals surface area contributed by atoms with Gasteiger partial charge in [-0.15, -0.1) is 0 Å². The molecule has 1 aliphatic rings. The molecular weight excluding hydrogens is 483 g/mol. The van der Waals surface area contributed by atoms with Gasteiger partial charge in [-0.25, -0.2) is 0 Å². The normalized spacial score (nSPS) is 15.3. The van der Waals surface area contributed by atoms with Crippen LogP contribution in [0.5, 0.6) is 11.5 Å². The van der Waals surface area contributed by atoms with E-state index >= 15 is 0 Å². The van der Waals surface area contributed by atoms with Crippen molar-refractivity contribution >= 4 is 51.5 Å². The van der Waals surface area contributed by atoms with E-state index in [4.69, 9.17) is 26.2 Å². The number of benzene rings is 2. The largest absolute Gasteiger partial charge is 2.00 e. The van der Waals surface area contributed by atoms with Crippen LogP contribution in [0.4, 0.5) is 13.2 Å². The van der Waals surface area contributed by atoms with Gasteiger partial charge in [0.1, 0.15) is 18.1 Å². The smallest absolute Gasteiger partial charge is 1.00 e. The second kappa shape index (κ2) is 10.3. The third-order valence-corrected chi connectivity index (χ3v) is 6.03. The van der Waals surface area contributed by atoms with E-state index < -0.39 is 17.7 Å². The summed E-state index contributed by atoms with van der Waals surface area (Å²) in [6, 6.07) is 9.19. The summed E-state index contributed by atoms with van der Waals surface area (Å²) < 4.78 is 53.5. The van der Waals surface area contributed by atoms with Crippen LogP contribution in [0.25, 0.3) is 10.9 Å². The second-order valence-corrected chi connectivity index (χ2v) is 8.77. The van der Waals surface area contributed by atoms with Crippen LogP contribution in [-0.4, -0.2) is 44.8 Å². The third-order valence-electron chi connectivity index (χ3n) is 5.64. The first-order valence-corrected chi connectivity index (χ1v) is 11.0. The van der Waals surface area contributed by atoms with E-state index in [1.807, 2.05) is 10.6 Å². The van der Waals surface area contributed by atoms with Gasteiger partial charge in [0.25, 0.3) is 0 Å². The van der Waals surface area contributed by atoms with Crippen molar-refractivity contribution in [1.82, 2.24) is 4.57 Å². The fourth-order valence-electron chi connectivity index (χ4n) is 4.29. The Morgan fingerprint density at radius 3 is 2.65 bits per heavy atom. The number of carboxylic acid groups (broad SMARTS) is 1. The molecule has 10 heteroatoms. The van der Waals surface area contributed by atoms with Gasteiger partial charge in [0.2, 0.25) is 0 Å². The molecule has 1 N–H and O–H groups in total. The number of hydrogen-bond donors (Lipinski definition) is 1. The Hall–Kier alpha value is -2.10. The van der Waals surface area contributed by atoms with Crippen LogP contribution in [0.2, 0.25) is 5.02 Å². The number of alkyl halides is 3. The van der Waals surface area contributed by atoms with E-state index in [0.717, 1.165) is 22.7 Å². The fourth-order valence-corrected chi connectivity index (χ4v) is 4.69. The Balaban J connectivity index is 0.00000216. The maximum atomic E-state index is 13.5. The summed E-state index contributed by atoms with van der Waals surface area (Å²) in [7, 11) is 0. The minimum absolute atomic E-state index is 0. The monoisotopic (exact) mass is 507 g/mol. The molecule has 1 aromatic heterocycles. The van der Waals surface area contributed by atoms with Gasteiger partial charge in [0, 0.05) is 23.5 Å². The number of aromatic nitrogens is 1. The van der Waals surface area contributed by atoms with Crippen molar-refractivity contribution in [2.75, 3.05) is 0 Å². The molecule has 0 radical (unpaired) electrons. The van der Waals surface area contributed by atoms with Gasteiger partial charge < -0.3 is 22.0 Å². The number of nitrogens with zero attached hydrogens (tertiary/aromatic N) is 1. The Morgan fingerprint density at radius 2 is 2.00 bits per heavy atom. The molecule has 180 valence electrons. The van der Waals surface area contributed by atoms with Crippen LogP contribution in [0.3, 0.4) is 0 Å². The number of halogens is 4. The first-order valence-electron chi connectivity index (χ1n) is 10.6. The molecule has 0 saturated carbocycles. The van der Waals surface area contributed by atoms with Gasteiger partial charge in [-0.1, -0.05) is 17.7 Å². The predicted octanol–water partition coefficient (Wildman–Crippen LogP) is 6.49. The van der Waals surface area contributed by atoms with E-state index in [9.17, 15) is 18.0 Å². The molecule has 1 atom stereocenters. The summed E-state index contributed by atoms with van der Waals surface area (Å²) in [5.41, 5.74) is 1.20. The van der Waals surface area contributed by atoms with Crippen molar-refractivity contribution in [3.63, 3.8) is 0 Å². The van der Waals surface area contributed by atoms with Gasteiger partial charge in [-0.2, -0.15) is 13.2 Å². The SMILES string of the molecule is CC(C)Oc1ccc(COc2ccc3c(c2)c(Cl)c2n3CC[C@@H]2CC(=O)O)cc1C(F)(F)F.[H-].[H-].[Mg+2]. The standard InChI is InChI=1S/C24H23ClF3NO4.Mg.2H/c1-13(2)33-20-6-3-14(9-18(20)24(26,27)28)12-32-16-4-5-19-17(11-16)22(25)23-15(10-21(30)31)7-8-29(19)23;;;/h3-6,9,11,13,15H,7-8,10,12H2,1-2H3,(H,30,31);;;/q;+2;2*-1/t15-;;;/m1.../s1. The van der Waals surface area contributed by atoms with E-state index in [1.54, 1.807) is 32.0 Å². The number of ether oxygens (including phenoxy) is 2. The van der Waals surface area contributed by atoms with Crippen LogP contribution in [0.1, 0.15) is 52.3 Å². The average Bonchev–Trinajstić information content (AvgIpc) is 3.25. The van der Waals surface area contributed by atoms with E-state index in [1.165, 1.54) is 6.07 Å². The first-order chi connectivity index (χ1) is 15.5. The number of aryl methyl sites for hydroxylation is 1. The minimum Gasteiger partial charge on any atom is -1.00 e. The molecule has 2 aromatic carbocycles. The molecule has 0 amide bonds. The summed E-state index contributed by atoms with van der Waals surface area (Å²) in [6.07, 6.45) is -4.21. The molecule has 0 bridgehead atoms. The van der Waals surface area contributed by atoms with Crippen molar-refractivity contribution in [2.24, 2.45) is 0 Å². The van der Waals surface area contributed by atoms with Gasteiger partial charge in [0.05, 0.1) is 28.6 Å². The maximum absolute atomic E-state index is 13.5. The number of aliphatic carboxylic acids is 1. The second-order valence-electron chi connectivity index (χ2n) is 8.40. The zero-order valence-electron chi connectivity index (χ0n) is 20.8. The molecule has 34 heavy (non-hydrogen) atoms. The Bertz CT molecular complexity index is 1220. The third kappa shape index (κ3) is 5.42. The van der Waals surface area contributed by atoms with Crippen LogP contribution >= 0.6 is 11.6 Å². The van der Waals surface area contributed by atoms with Crippen molar-refractivity contribution in [2.45, 2.75) is 58.0 Å². The number of carboxylic acids is 1. The Morgan fingerprint density at radius 1 is 1.26 bits per heavy atom. The van der Waals surface area contributed by atoms with Crippen molar-refractivity contribution in [1.29, 1.82) is 0 Å². The van der Waals surface area contributed by atoms with Crippen molar-refractivity contribution < 1.29 is 35.4 Å². The summed E-state index contributed by atoms with van der Waals surface area (Å²) in [5, 5.41) is 10.4. The Kier molecular flexibility index (Phi) is 7.99. The Labute approximate surface area is 218 Å². The van der Waals surface area contributed by atoms with Crippen LogP contribution in [-0.2, 0) is 24.1 Å². The quantitative estimate of drug-likeness (QED) is 0.371. The zero-order valence-corrected chi connectivity index (χ0v) is 21.0. The number of rotatable bonds is 7. The van der Waals surface area contributed by atoms with E-state index in [-0.39, 0.29) is 56.7 Å². The van der Waals surface area contributed by atoms with Gasteiger partial charge in [0.15, 0.2) is 0 Å². The van der Waals surface area contributed by atoms with Crippen LogP contribution in [0.15, 0.2) is 36.4 Å². The predicted molar refractivity (Wildman–Crippen MR) is 126 cm³/mol. The number of carbonyl (C=O) groups is 1. The molecule has 4 rings (SSSR count). The molecule has 0 aliphatic carbocycles. The topological polar surface area (TPSA) is 60.7 Å². The van der Waals surface area contributed by atoms with Crippen LogP contribution in [0, 0.1) is 0 Å². The molecule has 5 nitrogen and oxygen atoms in total. The molecule has 0 saturated heterocycles. The summed E-state index contributed by atoms with van der Waals surface area (Å²) in [5.74, 6) is -0.783. The van der Waals surface area contributed by atoms with Gasteiger partial charge >= 0.3 is 35.2 Å². The summed E-state index contributed by atoms with van der Waals surface area (Å²) >= 11 is 6.59. The maximum Gasteiger partial charge on any atom is 2.00 e. The molecular formula is C24H25ClF3MgNO4. The first kappa shape index (κ1) is 26.5. The van der Waals surface area contributed by atoms with Gasteiger partial charge in [-0.05, 0) is 56.2 Å². The molecule has 3 aromatic rings. The average molecular weight is 508 g/mol. The fraction of sp³-hybridized carbons (Fsp3) is 0.375. The number of hydrogen-bond acceptors (Lipinski definition) is 3. The van der Waals surface area contributed by atoms with Gasteiger partial charge in [-0.3, -0.25) is 4.79 Å². The van der Waals surface area contributed by atoms with E-state index in [0.29, 0.717) is 29.3 Å².